The quantitative estimate of drug-likeness (QED) is 0.448. The lowest BCUT2D eigenvalue weighted by molar-refractivity contribution is 0.399. The molecule has 1 aromatic heterocycles. The molecule has 7 heteroatoms. The third kappa shape index (κ3) is 3.81. The molecule has 1 aliphatic heterocycles. The summed E-state index contributed by atoms with van der Waals surface area (Å²) in [6.07, 6.45) is 1.81. The van der Waals surface area contributed by atoms with Crippen LogP contribution in [0.1, 0.15) is 24.4 Å². The van der Waals surface area contributed by atoms with E-state index in [-0.39, 0.29) is 6.04 Å². The lowest BCUT2D eigenvalue weighted by atomic mass is 9.95. The van der Waals surface area contributed by atoms with Gasteiger partial charge in [0.25, 0.3) is 5.89 Å². The number of hydrogen-bond donors (Lipinski definition) is 1. The number of nitrogens with zero attached hydrogens (tertiary/aromatic N) is 3. The van der Waals surface area contributed by atoms with Gasteiger partial charge >= 0.3 is 0 Å². The maximum absolute atomic E-state index is 6.08. The first kappa shape index (κ1) is 19.4. The van der Waals surface area contributed by atoms with E-state index in [9.17, 15) is 0 Å². The predicted octanol–water partition coefficient (Wildman–Crippen LogP) is 5.24. The molecule has 0 saturated carbocycles. The second-order valence-corrected chi connectivity index (χ2v) is 7.44. The van der Waals surface area contributed by atoms with Crippen molar-refractivity contribution in [1.29, 1.82) is 0 Å². The van der Waals surface area contributed by atoms with E-state index < -0.39 is 0 Å². The zero-order chi connectivity index (χ0) is 20.4. The number of thiocarbonyl (C=S) groups is 1. The lowest BCUT2D eigenvalue weighted by Crippen LogP contribution is -2.45. The summed E-state index contributed by atoms with van der Waals surface area (Å²) < 4.78 is 5.69. The molecule has 5 nitrogen and oxygen atoms in total. The molecule has 0 spiro atoms. The highest BCUT2D eigenvalue weighted by molar-refractivity contribution is 7.80. The van der Waals surface area contributed by atoms with Crippen LogP contribution < -0.4 is 5.32 Å². The average Bonchev–Trinajstić information content (AvgIpc) is 3.22. The third-order valence-electron chi connectivity index (χ3n) is 4.80. The molecule has 29 heavy (non-hydrogen) atoms. The van der Waals surface area contributed by atoms with E-state index in [1.807, 2.05) is 66.4 Å². The van der Waals surface area contributed by atoms with E-state index in [4.69, 9.17) is 28.3 Å². The summed E-state index contributed by atoms with van der Waals surface area (Å²) in [5.74, 6) is 0.990. The van der Waals surface area contributed by atoms with E-state index in [1.54, 1.807) is 6.08 Å². The SMILES string of the molecule is C=CCN1C(=S)NC(c2ccc(Cl)cc2)C(c2nc(-c3ccccc3)no2)=C1C. The smallest absolute Gasteiger partial charge is 0.258 e. The topological polar surface area (TPSA) is 54.2 Å². The Morgan fingerprint density at radius 3 is 2.62 bits per heavy atom. The van der Waals surface area contributed by atoms with Gasteiger partial charge in [-0.1, -0.05) is 65.3 Å². The van der Waals surface area contributed by atoms with Gasteiger partial charge in [-0.25, -0.2) is 0 Å². The van der Waals surface area contributed by atoms with Crippen LogP contribution in [0.3, 0.4) is 0 Å². The molecule has 0 aliphatic carbocycles. The molecule has 1 N–H and O–H groups in total. The van der Waals surface area contributed by atoms with E-state index >= 15 is 0 Å². The van der Waals surface area contributed by atoms with Crippen molar-refractivity contribution in [2.75, 3.05) is 6.54 Å². The highest BCUT2D eigenvalue weighted by Crippen LogP contribution is 2.37. The number of allylic oxidation sites excluding steroid dienone is 1. The first-order valence-corrected chi connectivity index (χ1v) is 9.91. The number of rotatable bonds is 5. The van der Waals surface area contributed by atoms with Gasteiger partial charge in [0, 0.05) is 22.8 Å². The van der Waals surface area contributed by atoms with Gasteiger partial charge in [0.2, 0.25) is 5.82 Å². The molecule has 0 amide bonds. The van der Waals surface area contributed by atoms with Gasteiger partial charge in [0.15, 0.2) is 5.11 Å². The molecule has 146 valence electrons. The van der Waals surface area contributed by atoms with Gasteiger partial charge in [0.1, 0.15) is 0 Å². The largest absolute Gasteiger partial charge is 0.351 e. The molecule has 1 atom stereocenters. The van der Waals surface area contributed by atoms with Crippen molar-refractivity contribution in [3.05, 3.63) is 89.4 Å². The molecule has 0 bridgehead atoms. The van der Waals surface area contributed by atoms with Crippen LogP contribution in [0.25, 0.3) is 17.0 Å². The summed E-state index contributed by atoms with van der Waals surface area (Å²) in [4.78, 5) is 6.64. The minimum Gasteiger partial charge on any atom is -0.351 e. The maximum atomic E-state index is 6.08. The Balaban J connectivity index is 1.82. The first-order valence-electron chi connectivity index (χ1n) is 9.13. The van der Waals surface area contributed by atoms with Crippen LogP contribution >= 0.6 is 23.8 Å². The van der Waals surface area contributed by atoms with E-state index in [0.717, 1.165) is 22.4 Å². The Kier molecular flexibility index (Phi) is 5.47. The molecule has 0 saturated heterocycles. The number of halogens is 1. The van der Waals surface area contributed by atoms with Crippen LogP contribution in [0, 0.1) is 0 Å². The molecule has 2 aromatic carbocycles. The number of benzene rings is 2. The predicted molar refractivity (Wildman–Crippen MR) is 119 cm³/mol. The molecule has 3 aromatic rings. The van der Waals surface area contributed by atoms with Crippen LogP contribution in [0.15, 0.2) is 77.5 Å². The van der Waals surface area contributed by atoms with E-state index in [1.165, 1.54) is 0 Å². The van der Waals surface area contributed by atoms with Crippen molar-refractivity contribution in [3.63, 3.8) is 0 Å². The van der Waals surface area contributed by atoms with Crippen LogP contribution in [-0.2, 0) is 0 Å². The summed E-state index contributed by atoms with van der Waals surface area (Å²) in [6.45, 7) is 6.41. The summed E-state index contributed by atoms with van der Waals surface area (Å²) in [5, 5.41) is 8.88. The second kappa shape index (κ2) is 8.19. The van der Waals surface area contributed by atoms with Crippen molar-refractivity contribution < 1.29 is 4.52 Å². The van der Waals surface area contributed by atoms with Gasteiger partial charge in [-0.2, -0.15) is 4.98 Å². The summed E-state index contributed by atoms with van der Waals surface area (Å²) in [7, 11) is 0. The monoisotopic (exact) mass is 422 g/mol. The van der Waals surface area contributed by atoms with Crippen molar-refractivity contribution in [2.24, 2.45) is 0 Å². The fourth-order valence-electron chi connectivity index (χ4n) is 3.35. The minimum atomic E-state index is -0.232. The fraction of sp³-hybridized carbons (Fsp3) is 0.136. The molecule has 4 rings (SSSR count). The van der Waals surface area contributed by atoms with Crippen LogP contribution in [0.4, 0.5) is 0 Å². The molecular weight excluding hydrogens is 404 g/mol. The van der Waals surface area contributed by atoms with E-state index in [0.29, 0.717) is 28.4 Å². The zero-order valence-electron chi connectivity index (χ0n) is 15.8. The Labute approximate surface area is 179 Å². The Bertz CT molecular complexity index is 1080. The Hall–Kier alpha value is -2.96. The summed E-state index contributed by atoms with van der Waals surface area (Å²) in [6, 6.07) is 17.1. The van der Waals surface area contributed by atoms with Gasteiger partial charge in [-0.3, -0.25) is 0 Å². The highest BCUT2D eigenvalue weighted by atomic mass is 35.5. The number of nitrogens with one attached hydrogen (secondary N) is 1. The van der Waals surface area contributed by atoms with Gasteiger partial charge < -0.3 is 14.7 Å². The zero-order valence-corrected chi connectivity index (χ0v) is 17.4. The summed E-state index contributed by atoms with van der Waals surface area (Å²) >= 11 is 11.7. The van der Waals surface area contributed by atoms with E-state index in [2.05, 4.69) is 22.0 Å². The second-order valence-electron chi connectivity index (χ2n) is 6.62. The normalized spacial score (nSPS) is 16.7. The van der Waals surface area contributed by atoms with Crippen LogP contribution in [0.2, 0.25) is 5.02 Å². The third-order valence-corrected chi connectivity index (χ3v) is 5.39. The minimum absolute atomic E-state index is 0.232. The van der Waals surface area contributed by atoms with Crippen molar-refractivity contribution in [3.8, 4) is 11.4 Å². The van der Waals surface area contributed by atoms with Gasteiger partial charge in [-0.05, 0) is 36.8 Å². The molecule has 1 unspecified atom stereocenters. The Morgan fingerprint density at radius 2 is 1.93 bits per heavy atom. The molecule has 0 radical (unpaired) electrons. The van der Waals surface area contributed by atoms with Crippen molar-refractivity contribution in [1.82, 2.24) is 20.4 Å². The fourth-order valence-corrected chi connectivity index (χ4v) is 3.81. The highest BCUT2D eigenvalue weighted by Gasteiger charge is 2.33. The van der Waals surface area contributed by atoms with Gasteiger partial charge in [0.05, 0.1) is 11.6 Å². The molecule has 2 heterocycles. The van der Waals surface area contributed by atoms with Gasteiger partial charge in [-0.15, -0.1) is 6.58 Å². The first-order chi connectivity index (χ1) is 14.1. The van der Waals surface area contributed by atoms with Crippen molar-refractivity contribution >= 4 is 34.5 Å². The molecule has 1 aliphatic rings. The van der Waals surface area contributed by atoms with Crippen molar-refractivity contribution in [2.45, 2.75) is 13.0 Å². The standard InChI is InChI=1S/C22H19ClN4OS/c1-3-13-27-14(2)18(19(24-22(27)29)15-9-11-17(23)12-10-15)21-25-20(26-28-21)16-7-5-4-6-8-16/h3-12,19H,1,13H2,2H3,(H,24,29). The maximum Gasteiger partial charge on any atom is 0.258 e. The molecular formula is C22H19ClN4OS. The van der Waals surface area contributed by atoms with Crippen LogP contribution in [-0.4, -0.2) is 26.7 Å². The lowest BCUT2D eigenvalue weighted by Gasteiger charge is -2.36. The average molecular weight is 423 g/mol. The Morgan fingerprint density at radius 1 is 1.21 bits per heavy atom. The summed E-state index contributed by atoms with van der Waals surface area (Å²) in [5.41, 5.74) is 3.71. The molecule has 0 fully saturated rings. The number of hydrogen-bond acceptors (Lipinski definition) is 4. The van der Waals surface area contributed by atoms with Crippen LogP contribution in [0.5, 0.6) is 0 Å². The number of aromatic nitrogens is 2.